The maximum Gasteiger partial charge on any atom is 0.307 e. The standard InChI is InChI=1S/C23H27N3O3/c1-2-28-22(27)10-14-26-13-9-18-16-20(7-8-21(18)26)29-15-11-19-6-5-17-4-3-12-24-23(17)25-19/h5-9,13,16H,2-4,10-12,14-15H2,1H3,(H,24,25). The van der Waals surface area contributed by atoms with Crippen molar-refractivity contribution in [2.45, 2.75) is 39.2 Å². The van der Waals surface area contributed by atoms with E-state index in [9.17, 15) is 4.79 Å². The summed E-state index contributed by atoms with van der Waals surface area (Å²) < 4.78 is 13.0. The normalized spacial score (nSPS) is 13.0. The Bertz CT molecular complexity index is 996. The number of benzene rings is 1. The monoisotopic (exact) mass is 393 g/mol. The van der Waals surface area contributed by atoms with E-state index in [1.54, 1.807) is 0 Å². The molecule has 1 aliphatic heterocycles. The van der Waals surface area contributed by atoms with E-state index in [1.807, 2.05) is 37.4 Å². The number of fused-ring (bicyclic) bond motifs is 2. The molecule has 3 heterocycles. The maximum absolute atomic E-state index is 11.6. The predicted molar refractivity (Wildman–Crippen MR) is 113 cm³/mol. The number of anilines is 1. The molecule has 6 nitrogen and oxygen atoms in total. The highest BCUT2D eigenvalue weighted by atomic mass is 16.5. The van der Waals surface area contributed by atoms with E-state index in [-0.39, 0.29) is 5.97 Å². The number of esters is 1. The molecule has 0 aliphatic carbocycles. The second kappa shape index (κ2) is 8.99. The van der Waals surface area contributed by atoms with Crippen molar-refractivity contribution in [1.82, 2.24) is 9.55 Å². The van der Waals surface area contributed by atoms with Crippen LogP contribution in [0, 0.1) is 0 Å². The predicted octanol–water partition coefficient (Wildman–Crippen LogP) is 3.97. The van der Waals surface area contributed by atoms with E-state index >= 15 is 0 Å². The van der Waals surface area contributed by atoms with Crippen LogP contribution in [0.5, 0.6) is 5.75 Å². The Hall–Kier alpha value is -3.02. The SMILES string of the molecule is CCOC(=O)CCn1ccc2cc(OCCc3ccc4c(n3)NCCC4)ccc21. The Balaban J connectivity index is 1.33. The van der Waals surface area contributed by atoms with Crippen LogP contribution in [0.3, 0.4) is 0 Å². The minimum Gasteiger partial charge on any atom is -0.493 e. The molecule has 0 fully saturated rings. The number of carbonyl (C=O) groups excluding carboxylic acids is 1. The van der Waals surface area contributed by atoms with Crippen LogP contribution >= 0.6 is 0 Å². The van der Waals surface area contributed by atoms with E-state index in [1.165, 1.54) is 12.0 Å². The molecule has 0 saturated carbocycles. The van der Waals surface area contributed by atoms with Crippen LogP contribution < -0.4 is 10.1 Å². The molecule has 1 aliphatic rings. The van der Waals surface area contributed by atoms with Crippen molar-refractivity contribution < 1.29 is 14.3 Å². The van der Waals surface area contributed by atoms with E-state index in [0.717, 1.165) is 47.6 Å². The number of aromatic nitrogens is 2. The lowest BCUT2D eigenvalue weighted by Crippen LogP contribution is -2.14. The third kappa shape index (κ3) is 4.70. The molecular formula is C23H27N3O3. The summed E-state index contributed by atoms with van der Waals surface area (Å²) in [5.74, 6) is 1.70. The van der Waals surface area contributed by atoms with Crippen LogP contribution in [0.2, 0.25) is 0 Å². The van der Waals surface area contributed by atoms with Crippen molar-refractivity contribution >= 4 is 22.7 Å². The van der Waals surface area contributed by atoms with Crippen molar-refractivity contribution in [2.24, 2.45) is 0 Å². The van der Waals surface area contributed by atoms with Gasteiger partial charge in [0.1, 0.15) is 11.6 Å². The molecule has 0 bridgehead atoms. The Morgan fingerprint density at radius 3 is 3.07 bits per heavy atom. The fraction of sp³-hybridized carbons (Fsp3) is 0.391. The van der Waals surface area contributed by atoms with Crippen LogP contribution in [-0.2, 0) is 28.9 Å². The quantitative estimate of drug-likeness (QED) is 0.587. The smallest absolute Gasteiger partial charge is 0.307 e. The number of hydrogen-bond acceptors (Lipinski definition) is 5. The third-order valence-corrected chi connectivity index (χ3v) is 5.18. The first-order valence-electron chi connectivity index (χ1n) is 10.3. The summed E-state index contributed by atoms with van der Waals surface area (Å²) >= 11 is 0. The molecule has 0 amide bonds. The lowest BCUT2D eigenvalue weighted by Gasteiger charge is -2.17. The van der Waals surface area contributed by atoms with E-state index in [0.29, 0.717) is 26.2 Å². The average molecular weight is 393 g/mol. The van der Waals surface area contributed by atoms with Crippen LogP contribution in [0.25, 0.3) is 10.9 Å². The molecule has 3 aromatic rings. The molecule has 0 unspecified atom stereocenters. The first-order chi connectivity index (χ1) is 14.2. The molecule has 2 aromatic heterocycles. The van der Waals surface area contributed by atoms with Crippen LogP contribution in [0.1, 0.15) is 31.0 Å². The van der Waals surface area contributed by atoms with Gasteiger partial charge in [0.05, 0.1) is 19.6 Å². The zero-order valence-electron chi connectivity index (χ0n) is 16.8. The van der Waals surface area contributed by atoms with Gasteiger partial charge in [-0.05, 0) is 55.7 Å². The first kappa shape index (κ1) is 19.3. The zero-order chi connectivity index (χ0) is 20.1. The van der Waals surface area contributed by atoms with Gasteiger partial charge >= 0.3 is 5.97 Å². The summed E-state index contributed by atoms with van der Waals surface area (Å²) in [4.78, 5) is 16.3. The lowest BCUT2D eigenvalue weighted by molar-refractivity contribution is -0.143. The molecule has 0 spiro atoms. The van der Waals surface area contributed by atoms with Gasteiger partial charge < -0.3 is 19.4 Å². The number of aryl methyl sites for hydroxylation is 2. The molecule has 6 heteroatoms. The number of pyridine rings is 1. The summed E-state index contributed by atoms with van der Waals surface area (Å²) in [5, 5.41) is 4.47. The van der Waals surface area contributed by atoms with Crippen molar-refractivity contribution in [2.75, 3.05) is 25.1 Å². The Kier molecular flexibility index (Phi) is 5.98. The second-order valence-corrected chi connectivity index (χ2v) is 7.22. The number of ether oxygens (including phenoxy) is 2. The van der Waals surface area contributed by atoms with E-state index in [2.05, 4.69) is 22.0 Å². The number of rotatable bonds is 8. The van der Waals surface area contributed by atoms with Gasteiger partial charge in [-0.1, -0.05) is 6.07 Å². The van der Waals surface area contributed by atoms with Crippen LogP contribution in [0.4, 0.5) is 5.82 Å². The van der Waals surface area contributed by atoms with Crippen LogP contribution in [-0.4, -0.2) is 35.3 Å². The fourth-order valence-corrected chi connectivity index (χ4v) is 3.69. The minimum absolute atomic E-state index is 0.166. The molecule has 1 N–H and O–H groups in total. The van der Waals surface area contributed by atoms with Crippen molar-refractivity contribution in [3.05, 3.63) is 53.9 Å². The molecule has 1 aromatic carbocycles. The topological polar surface area (TPSA) is 65.4 Å². The largest absolute Gasteiger partial charge is 0.493 e. The fourth-order valence-electron chi connectivity index (χ4n) is 3.69. The highest BCUT2D eigenvalue weighted by molar-refractivity contribution is 5.82. The number of hydrogen-bond donors (Lipinski definition) is 1. The molecular weight excluding hydrogens is 366 g/mol. The van der Waals surface area contributed by atoms with Gasteiger partial charge in [0.25, 0.3) is 0 Å². The molecule has 152 valence electrons. The van der Waals surface area contributed by atoms with Crippen LogP contribution in [0.15, 0.2) is 42.6 Å². The van der Waals surface area contributed by atoms with Gasteiger partial charge in [-0.15, -0.1) is 0 Å². The Morgan fingerprint density at radius 2 is 2.17 bits per heavy atom. The molecule has 4 rings (SSSR count). The third-order valence-electron chi connectivity index (χ3n) is 5.18. The van der Waals surface area contributed by atoms with Crippen molar-refractivity contribution in [3.63, 3.8) is 0 Å². The molecule has 0 radical (unpaired) electrons. The average Bonchev–Trinajstić information content (AvgIpc) is 3.15. The minimum atomic E-state index is -0.166. The second-order valence-electron chi connectivity index (χ2n) is 7.22. The lowest BCUT2D eigenvalue weighted by atomic mass is 10.1. The van der Waals surface area contributed by atoms with Gasteiger partial charge in [-0.25, -0.2) is 4.98 Å². The van der Waals surface area contributed by atoms with Gasteiger partial charge in [0, 0.05) is 42.3 Å². The summed E-state index contributed by atoms with van der Waals surface area (Å²) in [6, 6.07) is 12.4. The summed E-state index contributed by atoms with van der Waals surface area (Å²) in [7, 11) is 0. The van der Waals surface area contributed by atoms with Gasteiger partial charge in [-0.2, -0.15) is 0 Å². The molecule has 29 heavy (non-hydrogen) atoms. The number of nitrogens with one attached hydrogen (secondary N) is 1. The number of nitrogens with zero attached hydrogens (tertiary/aromatic N) is 2. The number of carbonyl (C=O) groups is 1. The van der Waals surface area contributed by atoms with E-state index < -0.39 is 0 Å². The summed E-state index contributed by atoms with van der Waals surface area (Å²) in [6.07, 6.45) is 5.42. The highest BCUT2D eigenvalue weighted by Crippen LogP contribution is 2.23. The van der Waals surface area contributed by atoms with Gasteiger partial charge in [0.15, 0.2) is 0 Å². The molecule has 0 atom stereocenters. The van der Waals surface area contributed by atoms with Gasteiger partial charge in [0.2, 0.25) is 0 Å². The van der Waals surface area contributed by atoms with Crippen molar-refractivity contribution in [1.29, 1.82) is 0 Å². The first-order valence-corrected chi connectivity index (χ1v) is 10.3. The van der Waals surface area contributed by atoms with E-state index in [4.69, 9.17) is 14.5 Å². The summed E-state index contributed by atoms with van der Waals surface area (Å²) in [6.45, 7) is 4.44. The molecule has 0 saturated heterocycles. The Morgan fingerprint density at radius 1 is 1.24 bits per heavy atom. The van der Waals surface area contributed by atoms with Gasteiger partial charge in [-0.3, -0.25) is 4.79 Å². The van der Waals surface area contributed by atoms with Crippen molar-refractivity contribution in [3.8, 4) is 5.75 Å². The summed E-state index contributed by atoms with van der Waals surface area (Å²) in [5.41, 5.74) is 3.44. The Labute approximate surface area is 170 Å². The highest BCUT2D eigenvalue weighted by Gasteiger charge is 2.10. The zero-order valence-corrected chi connectivity index (χ0v) is 16.8. The maximum atomic E-state index is 11.6.